The van der Waals surface area contributed by atoms with Crippen LogP contribution in [-0.4, -0.2) is 24.2 Å². The first-order chi connectivity index (χ1) is 6.92. The van der Waals surface area contributed by atoms with Crippen LogP contribution < -0.4 is 10.6 Å². The van der Waals surface area contributed by atoms with Crippen molar-refractivity contribution in [3.63, 3.8) is 0 Å². The topological polar surface area (TPSA) is 42.1 Å². The highest BCUT2D eigenvalue weighted by atomic mass is 19.4. The van der Waals surface area contributed by atoms with E-state index >= 15 is 0 Å². The molecule has 0 unspecified atom stereocenters. The second-order valence-corrected chi connectivity index (χ2v) is 3.08. The Morgan fingerprint density at radius 2 is 2.13 bits per heavy atom. The highest BCUT2D eigenvalue weighted by Crippen LogP contribution is 2.21. The lowest BCUT2D eigenvalue weighted by Crippen LogP contribution is -2.34. The largest absolute Gasteiger partial charge is 0.405 e. The van der Waals surface area contributed by atoms with Gasteiger partial charge in [-0.3, -0.25) is 0 Å². The van der Waals surface area contributed by atoms with Crippen molar-refractivity contribution in [1.82, 2.24) is 4.98 Å². The van der Waals surface area contributed by atoms with Crippen molar-refractivity contribution >= 4 is 11.5 Å². The molecule has 0 atom stereocenters. The average Bonchev–Trinajstić information content (AvgIpc) is 2.13. The molecular weight excluding hydrogens is 207 g/mol. The van der Waals surface area contributed by atoms with Crippen LogP contribution in [0.25, 0.3) is 0 Å². The van der Waals surface area contributed by atoms with E-state index in [1.54, 1.807) is 6.92 Å². The number of rotatable bonds is 3. The summed E-state index contributed by atoms with van der Waals surface area (Å²) in [5.41, 5.74) is 5.87. The summed E-state index contributed by atoms with van der Waals surface area (Å²) in [6.45, 7) is 0.854. The zero-order valence-corrected chi connectivity index (χ0v) is 8.25. The fraction of sp³-hybridized carbons (Fsp3) is 0.444. The quantitative estimate of drug-likeness (QED) is 0.846. The predicted molar refractivity (Wildman–Crippen MR) is 52.6 cm³/mol. The van der Waals surface area contributed by atoms with Crippen molar-refractivity contribution in [2.24, 2.45) is 0 Å². The molecule has 0 aliphatic carbocycles. The number of hydrogen-bond donors (Lipinski definition) is 1. The smallest absolute Gasteiger partial charge is 0.399 e. The summed E-state index contributed by atoms with van der Waals surface area (Å²) in [7, 11) is 0. The number of alkyl halides is 3. The highest BCUT2D eigenvalue weighted by Gasteiger charge is 2.30. The second kappa shape index (κ2) is 4.37. The van der Waals surface area contributed by atoms with Gasteiger partial charge in [0.05, 0.1) is 0 Å². The number of aromatic nitrogens is 1. The molecule has 0 saturated carbocycles. The minimum absolute atomic E-state index is 0.232. The number of nitrogens with zero attached hydrogens (tertiary/aromatic N) is 2. The van der Waals surface area contributed by atoms with E-state index in [1.807, 2.05) is 0 Å². The first-order valence-electron chi connectivity index (χ1n) is 4.45. The summed E-state index contributed by atoms with van der Waals surface area (Å²) < 4.78 is 36.5. The lowest BCUT2D eigenvalue weighted by atomic mass is 10.3. The third-order valence-electron chi connectivity index (χ3n) is 1.85. The average molecular weight is 219 g/mol. The van der Waals surface area contributed by atoms with Crippen molar-refractivity contribution in [3.8, 4) is 0 Å². The second-order valence-electron chi connectivity index (χ2n) is 3.08. The van der Waals surface area contributed by atoms with Crippen LogP contribution in [0.2, 0.25) is 0 Å². The first kappa shape index (κ1) is 11.6. The standard InChI is InChI=1S/C9H12F3N3/c1-2-15(6-9(10,11)12)8-5-7(13)3-4-14-8/h3-5H,2,6H2,1H3,(H2,13,14). The Morgan fingerprint density at radius 1 is 1.47 bits per heavy atom. The molecule has 1 heterocycles. The third-order valence-corrected chi connectivity index (χ3v) is 1.85. The molecule has 1 rings (SSSR count). The van der Waals surface area contributed by atoms with Crippen LogP contribution in [0.5, 0.6) is 0 Å². The summed E-state index contributed by atoms with van der Waals surface area (Å²) >= 11 is 0. The predicted octanol–water partition coefficient (Wildman–Crippen LogP) is 2.05. The number of halogens is 3. The number of nitrogens with two attached hydrogens (primary N) is 1. The van der Waals surface area contributed by atoms with E-state index < -0.39 is 12.7 Å². The van der Waals surface area contributed by atoms with E-state index in [0.29, 0.717) is 5.69 Å². The molecule has 0 aromatic carbocycles. The summed E-state index contributed by atoms with van der Waals surface area (Å²) in [5, 5.41) is 0. The molecule has 0 spiro atoms. The Hall–Kier alpha value is -1.46. The summed E-state index contributed by atoms with van der Waals surface area (Å²) in [6.07, 6.45) is -2.84. The van der Waals surface area contributed by atoms with Crippen LogP contribution in [0.4, 0.5) is 24.7 Å². The van der Waals surface area contributed by atoms with E-state index in [4.69, 9.17) is 5.73 Å². The van der Waals surface area contributed by atoms with Gasteiger partial charge in [-0.25, -0.2) is 4.98 Å². The van der Waals surface area contributed by atoms with Gasteiger partial charge >= 0.3 is 6.18 Å². The fourth-order valence-corrected chi connectivity index (χ4v) is 1.18. The fourth-order valence-electron chi connectivity index (χ4n) is 1.18. The monoisotopic (exact) mass is 219 g/mol. The minimum atomic E-state index is -4.23. The van der Waals surface area contributed by atoms with Gasteiger partial charge < -0.3 is 10.6 Å². The molecule has 0 amide bonds. The van der Waals surface area contributed by atoms with Gasteiger partial charge in [-0.2, -0.15) is 13.2 Å². The van der Waals surface area contributed by atoms with Crippen molar-refractivity contribution in [3.05, 3.63) is 18.3 Å². The van der Waals surface area contributed by atoms with Crippen LogP contribution in [-0.2, 0) is 0 Å². The Kier molecular flexibility index (Phi) is 3.39. The van der Waals surface area contributed by atoms with Gasteiger partial charge in [0.1, 0.15) is 12.4 Å². The van der Waals surface area contributed by atoms with Crippen LogP contribution in [0.1, 0.15) is 6.92 Å². The Labute approximate surface area is 85.7 Å². The molecule has 0 fully saturated rings. The normalized spacial score (nSPS) is 11.5. The van der Waals surface area contributed by atoms with E-state index in [-0.39, 0.29) is 12.4 Å². The SMILES string of the molecule is CCN(CC(F)(F)F)c1cc(N)ccn1. The van der Waals surface area contributed by atoms with Crippen molar-refractivity contribution in [2.75, 3.05) is 23.7 Å². The maximum atomic E-state index is 12.2. The molecule has 0 bridgehead atoms. The number of hydrogen-bond acceptors (Lipinski definition) is 3. The Bertz CT molecular complexity index is 325. The number of anilines is 2. The lowest BCUT2D eigenvalue weighted by molar-refractivity contribution is -0.119. The number of nitrogen functional groups attached to an aromatic ring is 1. The molecule has 0 saturated heterocycles. The summed E-state index contributed by atoms with van der Waals surface area (Å²) in [6, 6.07) is 2.96. The van der Waals surface area contributed by atoms with Crippen molar-refractivity contribution in [2.45, 2.75) is 13.1 Å². The van der Waals surface area contributed by atoms with Gasteiger partial charge in [0.15, 0.2) is 0 Å². The molecule has 1 aromatic heterocycles. The van der Waals surface area contributed by atoms with Gasteiger partial charge in [0.2, 0.25) is 0 Å². The van der Waals surface area contributed by atoms with Gasteiger partial charge in [-0.1, -0.05) is 0 Å². The van der Waals surface area contributed by atoms with Crippen molar-refractivity contribution < 1.29 is 13.2 Å². The van der Waals surface area contributed by atoms with Crippen LogP contribution >= 0.6 is 0 Å². The molecule has 6 heteroatoms. The molecule has 0 radical (unpaired) electrons. The van der Waals surface area contributed by atoms with Gasteiger partial charge in [0, 0.05) is 24.5 Å². The maximum Gasteiger partial charge on any atom is 0.405 e. The molecule has 15 heavy (non-hydrogen) atoms. The summed E-state index contributed by atoms with van der Waals surface area (Å²) in [5.74, 6) is 0.245. The molecule has 0 aliphatic rings. The van der Waals surface area contributed by atoms with E-state index in [0.717, 1.165) is 4.90 Å². The van der Waals surface area contributed by atoms with Crippen LogP contribution in [0, 0.1) is 0 Å². The van der Waals surface area contributed by atoms with Crippen LogP contribution in [0.3, 0.4) is 0 Å². The highest BCUT2D eigenvalue weighted by molar-refractivity contribution is 5.50. The van der Waals surface area contributed by atoms with Gasteiger partial charge in [0.25, 0.3) is 0 Å². The first-order valence-corrected chi connectivity index (χ1v) is 4.45. The van der Waals surface area contributed by atoms with Crippen molar-refractivity contribution in [1.29, 1.82) is 0 Å². The van der Waals surface area contributed by atoms with E-state index in [9.17, 15) is 13.2 Å². The number of pyridine rings is 1. The third kappa shape index (κ3) is 3.65. The Balaban J connectivity index is 2.83. The van der Waals surface area contributed by atoms with E-state index in [2.05, 4.69) is 4.98 Å². The van der Waals surface area contributed by atoms with Gasteiger partial charge in [-0.05, 0) is 13.0 Å². The lowest BCUT2D eigenvalue weighted by Gasteiger charge is -2.23. The summed E-state index contributed by atoms with van der Waals surface area (Å²) in [4.78, 5) is 4.96. The van der Waals surface area contributed by atoms with E-state index in [1.165, 1.54) is 18.3 Å². The molecule has 1 aromatic rings. The molecule has 0 aliphatic heterocycles. The van der Waals surface area contributed by atoms with Gasteiger partial charge in [-0.15, -0.1) is 0 Å². The maximum absolute atomic E-state index is 12.2. The molecule has 3 nitrogen and oxygen atoms in total. The molecule has 84 valence electrons. The van der Waals surface area contributed by atoms with Crippen LogP contribution in [0.15, 0.2) is 18.3 Å². The zero-order chi connectivity index (χ0) is 11.5. The Morgan fingerprint density at radius 3 is 2.60 bits per heavy atom. The zero-order valence-electron chi connectivity index (χ0n) is 8.25. The minimum Gasteiger partial charge on any atom is -0.399 e. The molecular formula is C9H12F3N3. The molecule has 2 N–H and O–H groups in total.